The number of aromatic nitrogens is 2. The third-order valence-electron chi connectivity index (χ3n) is 4.88. The zero-order chi connectivity index (χ0) is 12.3. The molecule has 0 atom stereocenters. The highest BCUT2D eigenvalue weighted by Crippen LogP contribution is 2.44. The number of nitrogens with zero attached hydrogens (tertiary/aromatic N) is 3. The van der Waals surface area contributed by atoms with Crippen LogP contribution in [0.15, 0.2) is 0 Å². The summed E-state index contributed by atoms with van der Waals surface area (Å²) in [4.78, 5) is 2.63. The molecule has 18 heavy (non-hydrogen) atoms. The molecule has 0 unspecified atom stereocenters. The number of rotatable bonds is 2. The second-order valence-corrected chi connectivity index (χ2v) is 6.63. The summed E-state index contributed by atoms with van der Waals surface area (Å²) in [7, 11) is 0. The van der Waals surface area contributed by atoms with Crippen molar-refractivity contribution in [2.45, 2.75) is 64.0 Å². The Kier molecular flexibility index (Phi) is 2.35. The van der Waals surface area contributed by atoms with Crippen molar-refractivity contribution < 1.29 is 0 Å². The summed E-state index contributed by atoms with van der Waals surface area (Å²) in [6.45, 7) is 8.33. The normalized spacial score (nSPS) is 30.6. The van der Waals surface area contributed by atoms with Crippen LogP contribution < -0.4 is 0 Å². The van der Waals surface area contributed by atoms with Crippen LogP contribution in [0.2, 0.25) is 0 Å². The van der Waals surface area contributed by atoms with Crippen molar-refractivity contribution in [3.63, 3.8) is 0 Å². The van der Waals surface area contributed by atoms with Gasteiger partial charge in [0.05, 0.1) is 11.7 Å². The summed E-state index contributed by atoms with van der Waals surface area (Å²) in [5.41, 5.74) is 4.61. The zero-order valence-corrected chi connectivity index (χ0v) is 11.5. The summed E-state index contributed by atoms with van der Waals surface area (Å²) in [5, 5.41) is 5.00. The van der Waals surface area contributed by atoms with Gasteiger partial charge in [-0.1, -0.05) is 13.8 Å². The molecule has 1 aliphatic carbocycles. The number of hydrogen-bond donors (Lipinski definition) is 0. The highest BCUT2D eigenvalue weighted by Gasteiger charge is 2.37. The van der Waals surface area contributed by atoms with Crippen molar-refractivity contribution in [2.75, 3.05) is 13.1 Å². The standard InChI is InChI=1S/C15H23N3/c1-10(2)14-13-9-17-7-5-11(6-8-17)15(13)18(16-14)12-3-4-12/h10-12H,3-9H2,1-2H3. The van der Waals surface area contributed by atoms with E-state index >= 15 is 0 Å². The van der Waals surface area contributed by atoms with E-state index in [2.05, 4.69) is 23.4 Å². The highest BCUT2D eigenvalue weighted by molar-refractivity contribution is 5.34. The van der Waals surface area contributed by atoms with Crippen LogP contribution in [0.4, 0.5) is 0 Å². The van der Waals surface area contributed by atoms with Crippen LogP contribution in [-0.4, -0.2) is 27.8 Å². The van der Waals surface area contributed by atoms with Crippen LogP contribution >= 0.6 is 0 Å². The van der Waals surface area contributed by atoms with Gasteiger partial charge in [0.25, 0.3) is 0 Å². The number of fused-ring (bicyclic) bond motifs is 2. The lowest BCUT2D eigenvalue weighted by atomic mass is 9.92. The molecule has 3 heteroatoms. The molecule has 5 rings (SSSR count). The van der Waals surface area contributed by atoms with Crippen molar-refractivity contribution >= 4 is 0 Å². The third kappa shape index (κ3) is 1.56. The molecule has 0 aromatic carbocycles. The molecule has 3 aliphatic heterocycles. The Balaban J connectivity index is 1.88. The van der Waals surface area contributed by atoms with Gasteiger partial charge in [-0.3, -0.25) is 9.58 Å². The second-order valence-electron chi connectivity index (χ2n) is 6.63. The van der Waals surface area contributed by atoms with Gasteiger partial charge in [0.15, 0.2) is 0 Å². The van der Waals surface area contributed by atoms with Crippen LogP contribution in [0.3, 0.4) is 0 Å². The lowest BCUT2D eigenvalue weighted by molar-refractivity contribution is 0.217. The van der Waals surface area contributed by atoms with E-state index in [1.54, 1.807) is 11.3 Å². The van der Waals surface area contributed by atoms with Crippen molar-refractivity contribution in [3.05, 3.63) is 17.0 Å². The Bertz CT molecular complexity index is 462. The van der Waals surface area contributed by atoms with Crippen molar-refractivity contribution in [2.24, 2.45) is 0 Å². The number of hydrogen-bond acceptors (Lipinski definition) is 2. The van der Waals surface area contributed by atoms with E-state index in [9.17, 15) is 0 Å². The SMILES string of the molecule is CC(C)c1nn(C2CC2)c2c1CN1CCC2CC1. The van der Waals surface area contributed by atoms with Crippen molar-refractivity contribution in [1.82, 2.24) is 14.7 Å². The predicted octanol–water partition coefficient (Wildman–Crippen LogP) is 3.03. The molecule has 98 valence electrons. The average Bonchev–Trinajstić information content (AvgIpc) is 3.17. The van der Waals surface area contributed by atoms with E-state index in [0.29, 0.717) is 5.92 Å². The minimum Gasteiger partial charge on any atom is -0.299 e. The summed E-state index contributed by atoms with van der Waals surface area (Å²) in [6, 6.07) is 0.735. The summed E-state index contributed by atoms with van der Waals surface area (Å²) in [5.74, 6) is 1.36. The molecule has 2 bridgehead atoms. The van der Waals surface area contributed by atoms with Crippen LogP contribution in [0.1, 0.15) is 74.4 Å². The molecule has 0 N–H and O–H groups in total. The van der Waals surface area contributed by atoms with Crippen LogP contribution in [0, 0.1) is 0 Å². The molecule has 1 saturated heterocycles. The summed E-state index contributed by atoms with van der Waals surface area (Å²) in [6.07, 6.45) is 5.40. The Morgan fingerprint density at radius 1 is 1.11 bits per heavy atom. The molecule has 1 aromatic heterocycles. The van der Waals surface area contributed by atoms with Crippen molar-refractivity contribution in [1.29, 1.82) is 0 Å². The van der Waals surface area contributed by atoms with E-state index < -0.39 is 0 Å². The quantitative estimate of drug-likeness (QED) is 0.798. The van der Waals surface area contributed by atoms with Crippen LogP contribution in [0.25, 0.3) is 0 Å². The van der Waals surface area contributed by atoms with Gasteiger partial charge in [0, 0.05) is 23.7 Å². The minimum atomic E-state index is 0.567. The topological polar surface area (TPSA) is 21.1 Å². The smallest absolute Gasteiger partial charge is 0.0698 e. The van der Waals surface area contributed by atoms with E-state index in [0.717, 1.165) is 18.5 Å². The van der Waals surface area contributed by atoms with Gasteiger partial charge in [-0.2, -0.15) is 5.10 Å². The monoisotopic (exact) mass is 245 g/mol. The fraction of sp³-hybridized carbons (Fsp3) is 0.800. The van der Waals surface area contributed by atoms with Crippen LogP contribution in [0.5, 0.6) is 0 Å². The van der Waals surface area contributed by atoms with Gasteiger partial charge < -0.3 is 0 Å². The third-order valence-corrected chi connectivity index (χ3v) is 4.88. The average molecular weight is 245 g/mol. The lowest BCUT2D eigenvalue weighted by Crippen LogP contribution is -2.29. The molecule has 1 saturated carbocycles. The fourth-order valence-electron chi connectivity index (χ4n) is 3.74. The molecule has 4 aliphatic rings. The first kappa shape index (κ1) is 11.0. The molecule has 3 nitrogen and oxygen atoms in total. The van der Waals surface area contributed by atoms with Crippen LogP contribution in [-0.2, 0) is 6.54 Å². The first-order valence-corrected chi connectivity index (χ1v) is 7.57. The van der Waals surface area contributed by atoms with E-state index in [1.165, 1.54) is 44.5 Å². The van der Waals surface area contributed by atoms with Gasteiger partial charge in [0.2, 0.25) is 0 Å². The summed E-state index contributed by atoms with van der Waals surface area (Å²) >= 11 is 0. The van der Waals surface area contributed by atoms with Crippen molar-refractivity contribution in [3.8, 4) is 0 Å². The summed E-state index contributed by atoms with van der Waals surface area (Å²) < 4.78 is 2.43. The largest absolute Gasteiger partial charge is 0.299 e. The van der Waals surface area contributed by atoms with Gasteiger partial charge in [0.1, 0.15) is 0 Å². The second kappa shape index (κ2) is 3.83. The maximum atomic E-state index is 5.00. The Labute approximate surface area is 109 Å². The molecule has 2 fully saturated rings. The van der Waals surface area contributed by atoms with E-state index in [4.69, 9.17) is 5.10 Å². The fourth-order valence-corrected chi connectivity index (χ4v) is 3.74. The predicted molar refractivity (Wildman–Crippen MR) is 71.8 cm³/mol. The highest BCUT2D eigenvalue weighted by atomic mass is 15.3. The molecular formula is C15H23N3. The van der Waals surface area contributed by atoms with Gasteiger partial charge in [-0.25, -0.2) is 0 Å². The molecule has 4 heterocycles. The lowest BCUT2D eigenvalue weighted by Gasteiger charge is -2.27. The molecule has 0 spiro atoms. The Morgan fingerprint density at radius 3 is 2.44 bits per heavy atom. The molecule has 1 aromatic rings. The first-order chi connectivity index (χ1) is 8.74. The van der Waals surface area contributed by atoms with E-state index in [1.807, 2.05) is 0 Å². The first-order valence-electron chi connectivity index (χ1n) is 7.57. The molecule has 0 radical (unpaired) electrons. The Hall–Kier alpha value is -0.830. The number of piperidine rings is 1. The van der Waals surface area contributed by atoms with E-state index in [-0.39, 0.29) is 0 Å². The van der Waals surface area contributed by atoms with Gasteiger partial charge in [-0.05, 0) is 44.7 Å². The zero-order valence-electron chi connectivity index (χ0n) is 11.5. The molecular weight excluding hydrogens is 222 g/mol. The molecule has 0 amide bonds. The maximum Gasteiger partial charge on any atom is 0.0698 e. The maximum absolute atomic E-state index is 5.00. The van der Waals surface area contributed by atoms with Gasteiger partial charge in [-0.15, -0.1) is 0 Å². The Morgan fingerprint density at radius 2 is 1.83 bits per heavy atom. The minimum absolute atomic E-state index is 0.567. The van der Waals surface area contributed by atoms with Gasteiger partial charge >= 0.3 is 0 Å².